The lowest BCUT2D eigenvalue weighted by atomic mass is 9.99. The van der Waals surface area contributed by atoms with Crippen LogP contribution in [0.3, 0.4) is 0 Å². The Balaban J connectivity index is 1.78. The molecule has 0 bridgehead atoms. The molecule has 1 amide bonds. The molecule has 2 aliphatic heterocycles. The van der Waals surface area contributed by atoms with Gasteiger partial charge in [-0.15, -0.1) is 11.8 Å². The lowest BCUT2D eigenvalue weighted by molar-refractivity contribution is -0.153. The van der Waals surface area contributed by atoms with Gasteiger partial charge in [0.05, 0.1) is 12.5 Å². The Morgan fingerprint density at radius 1 is 1.38 bits per heavy atom. The van der Waals surface area contributed by atoms with Crippen molar-refractivity contribution in [2.75, 3.05) is 18.9 Å². The van der Waals surface area contributed by atoms with Crippen LogP contribution in [0.5, 0.6) is 0 Å². The molecule has 3 rings (SSSR count). The summed E-state index contributed by atoms with van der Waals surface area (Å²) < 4.78 is 5.10. The Morgan fingerprint density at radius 3 is 3.00 bits per heavy atom. The molecule has 1 aromatic carbocycles. The fraction of sp³-hybridized carbons (Fsp3) is 0.500. The van der Waals surface area contributed by atoms with Gasteiger partial charge in [-0.25, -0.2) is 4.79 Å². The van der Waals surface area contributed by atoms with Crippen LogP contribution in [0.1, 0.15) is 31.2 Å². The Morgan fingerprint density at radius 2 is 2.19 bits per heavy atom. The summed E-state index contributed by atoms with van der Waals surface area (Å²) in [5, 5.41) is 0. The maximum Gasteiger partial charge on any atom is 0.328 e. The summed E-state index contributed by atoms with van der Waals surface area (Å²) in [5.41, 5.74) is 1.10. The first-order chi connectivity index (χ1) is 10.2. The lowest BCUT2D eigenvalue weighted by Crippen LogP contribution is -2.43. The lowest BCUT2D eigenvalue weighted by Gasteiger charge is -2.26. The molecule has 1 fully saturated rings. The molecule has 21 heavy (non-hydrogen) atoms. The first kappa shape index (κ1) is 14.4. The van der Waals surface area contributed by atoms with Crippen LogP contribution < -0.4 is 0 Å². The summed E-state index contributed by atoms with van der Waals surface area (Å²) in [6.45, 7) is 2.81. The van der Waals surface area contributed by atoms with Gasteiger partial charge in [0, 0.05) is 17.2 Å². The summed E-state index contributed by atoms with van der Waals surface area (Å²) in [7, 11) is 0. The fourth-order valence-corrected chi connectivity index (χ4v) is 4.30. The van der Waals surface area contributed by atoms with E-state index in [1.807, 2.05) is 18.2 Å². The van der Waals surface area contributed by atoms with Crippen molar-refractivity contribution in [1.82, 2.24) is 4.90 Å². The smallest absolute Gasteiger partial charge is 0.328 e. The van der Waals surface area contributed by atoms with Crippen molar-refractivity contribution in [1.29, 1.82) is 0 Å². The number of thioether (sulfide) groups is 1. The van der Waals surface area contributed by atoms with Gasteiger partial charge in [0.2, 0.25) is 5.91 Å². The number of amides is 1. The highest BCUT2D eigenvalue weighted by Gasteiger charge is 2.40. The van der Waals surface area contributed by atoms with Gasteiger partial charge in [-0.3, -0.25) is 4.79 Å². The van der Waals surface area contributed by atoms with Crippen molar-refractivity contribution >= 4 is 23.6 Å². The van der Waals surface area contributed by atoms with Crippen LogP contribution in [0.25, 0.3) is 0 Å². The van der Waals surface area contributed by atoms with E-state index in [2.05, 4.69) is 6.07 Å². The van der Waals surface area contributed by atoms with E-state index in [4.69, 9.17) is 4.74 Å². The van der Waals surface area contributed by atoms with E-state index < -0.39 is 6.04 Å². The number of fused-ring (bicyclic) bond motifs is 1. The van der Waals surface area contributed by atoms with Crippen LogP contribution in [0, 0.1) is 0 Å². The van der Waals surface area contributed by atoms with Crippen LogP contribution in [-0.2, 0) is 14.3 Å². The maximum absolute atomic E-state index is 12.8. The fourth-order valence-electron chi connectivity index (χ4n) is 3.08. The molecule has 1 saturated heterocycles. The number of nitrogens with zero attached hydrogens (tertiary/aromatic N) is 1. The minimum atomic E-state index is -0.393. The summed E-state index contributed by atoms with van der Waals surface area (Å²) >= 11 is 1.72. The van der Waals surface area contributed by atoms with E-state index in [0.29, 0.717) is 19.6 Å². The van der Waals surface area contributed by atoms with Gasteiger partial charge in [0.15, 0.2) is 0 Å². The van der Waals surface area contributed by atoms with Crippen LogP contribution in [0.4, 0.5) is 0 Å². The molecule has 2 heterocycles. The highest BCUT2D eigenvalue weighted by atomic mass is 32.2. The van der Waals surface area contributed by atoms with E-state index in [1.54, 1.807) is 23.6 Å². The molecule has 4 nitrogen and oxygen atoms in total. The normalized spacial score (nSPS) is 24.0. The molecule has 112 valence electrons. The van der Waals surface area contributed by atoms with Crippen molar-refractivity contribution in [3.8, 4) is 0 Å². The summed E-state index contributed by atoms with van der Waals surface area (Å²) in [6.07, 6.45) is 1.59. The molecular weight excluding hydrogens is 286 g/mol. The first-order valence-electron chi connectivity index (χ1n) is 7.41. The molecule has 0 saturated carbocycles. The Kier molecular flexibility index (Phi) is 4.19. The second-order valence-electron chi connectivity index (χ2n) is 5.34. The minimum Gasteiger partial charge on any atom is -0.464 e. The standard InChI is InChI=1S/C16H19NO3S/c1-2-20-16(19)13-7-5-9-17(13)15(18)12-10-21-14-8-4-3-6-11(12)14/h3-4,6,8,12-13H,2,5,7,9-10H2,1H3. The Bertz CT molecular complexity index is 560. The predicted molar refractivity (Wildman–Crippen MR) is 81.3 cm³/mol. The zero-order valence-electron chi connectivity index (χ0n) is 12.1. The first-order valence-corrected chi connectivity index (χ1v) is 8.39. The van der Waals surface area contributed by atoms with Gasteiger partial charge < -0.3 is 9.64 Å². The van der Waals surface area contributed by atoms with Crippen LogP contribution in [-0.4, -0.2) is 41.7 Å². The van der Waals surface area contributed by atoms with E-state index >= 15 is 0 Å². The number of ether oxygens (including phenoxy) is 1. The summed E-state index contributed by atoms with van der Waals surface area (Å²) in [4.78, 5) is 27.7. The zero-order chi connectivity index (χ0) is 14.8. The average molecular weight is 305 g/mol. The summed E-state index contributed by atoms with van der Waals surface area (Å²) in [6, 6.07) is 7.65. The van der Waals surface area contributed by atoms with Gasteiger partial charge >= 0.3 is 5.97 Å². The van der Waals surface area contributed by atoms with Crippen molar-refractivity contribution < 1.29 is 14.3 Å². The van der Waals surface area contributed by atoms with Crippen molar-refractivity contribution in [2.24, 2.45) is 0 Å². The third-order valence-electron chi connectivity index (χ3n) is 4.09. The van der Waals surface area contributed by atoms with Crippen molar-refractivity contribution in [3.63, 3.8) is 0 Å². The van der Waals surface area contributed by atoms with Gasteiger partial charge in [-0.1, -0.05) is 18.2 Å². The Labute approximate surface area is 128 Å². The number of hydrogen-bond acceptors (Lipinski definition) is 4. The monoisotopic (exact) mass is 305 g/mol. The average Bonchev–Trinajstić information content (AvgIpc) is 3.14. The molecule has 0 N–H and O–H groups in total. The molecule has 0 radical (unpaired) electrons. The van der Waals surface area contributed by atoms with Crippen LogP contribution in [0.15, 0.2) is 29.2 Å². The number of benzene rings is 1. The van der Waals surface area contributed by atoms with Gasteiger partial charge in [-0.05, 0) is 31.4 Å². The third kappa shape index (κ3) is 2.67. The molecule has 2 aliphatic rings. The molecule has 0 aromatic heterocycles. The molecule has 5 heteroatoms. The number of esters is 1. The Hall–Kier alpha value is -1.49. The van der Waals surface area contributed by atoms with Crippen LogP contribution in [0.2, 0.25) is 0 Å². The minimum absolute atomic E-state index is 0.0722. The third-order valence-corrected chi connectivity index (χ3v) is 5.28. The maximum atomic E-state index is 12.8. The number of likely N-dealkylation sites (tertiary alicyclic amines) is 1. The summed E-state index contributed by atoms with van der Waals surface area (Å²) in [5.74, 6) is 0.455. The van der Waals surface area contributed by atoms with E-state index in [1.165, 1.54) is 4.90 Å². The highest BCUT2D eigenvalue weighted by molar-refractivity contribution is 7.99. The topological polar surface area (TPSA) is 46.6 Å². The van der Waals surface area contributed by atoms with Gasteiger partial charge in [0.1, 0.15) is 6.04 Å². The second-order valence-corrected chi connectivity index (χ2v) is 6.40. The largest absolute Gasteiger partial charge is 0.464 e. The zero-order valence-corrected chi connectivity index (χ0v) is 12.9. The molecule has 1 aromatic rings. The van der Waals surface area contributed by atoms with Crippen molar-refractivity contribution in [2.45, 2.75) is 36.6 Å². The number of hydrogen-bond donors (Lipinski definition) is 0. The molecule has 0 spiro atoms. The quantitative estimate of drug-likeness (QED) is 0.805. The second kappa shape index (κ2) is 6.10. The molecular formula is C16H19NO3S. The number of rotatable bonds is 3. The van der Waals surface area contributed by atoms with E-state index in [-0.39, 0.29) is 17.8 Å². The number of carbonyl (C=O) groups excluding carboxylic acids is 2. The van der Waals surface area contributed by atoms with Crippen molar-refractivity contribution in [3.05, 3.63) is 29.8 Å². The molecule has 0 aliphatic carbocycles. The van der Waals surface area contributed by atoms with E-state index in [9.17, 15) is 9.59 Å². The highest BCUT2D eigenvalue weighted by Crippen LogP contribution is 2.41. The number of carbonyl (C=O) groups is 2. The molecule has 2 atom stereocenters. The van der Waals surface area contributed by atoms with Gasteiger partial charge in [-0.2, -0.15) is 0 Å². The SMILES string of the molecule is CCOC(=O)C1CCCN1C(=O)C1CSc2ccccc21. The van der Waals surface area contributed by atoms with Gasteiger partial charge in [0.25, 0.3) is 0 Å². The van der Waals surface area contributed by atoms with Crippen LogP contribution >= 0.6 is 11.8 Å². The van der Waals surface area contributed by atoms with E-state index in [0.717, 1.165) is 17.7 Å². The molecule has 2 unspecified atom stereocenters. The predicted octanol–water partition coefficient (Wildman–Crippen LogP) is 2.43.